The van der Waals surface area contributed by atoms with Gasteiger partial charge in [0.15, 0.2) is 5.96 Å². The van der Waals surface area contributed by atoms with E-state index in [0.29, 0.717) is 0 Å². The van der Waals surface area contributed by atoms with E-state index in [9.17, 15) is 0 Å². The Labute approximate surface area is 172 Å². The summed E-state index contributed by atoms with van der Waals surface area (Å²) in [4.78, 5) is 9.18. The Morgan fingerprint density at radius 3 is 2.62 bits per heavy atom. The van der Waals surface area contributed by atoms with E-state index in [2.05, 4.69) is 56.5 Å². The molecule has 2 heterocycles. The van der Waals surface area contributed by atoms with Gasteiger partial charge in [-0.2, -0.15) is 0 Å². The summed E-state index contributed by atoms with van der Waals surface area (Å²) in [5.74, 6) is 0.995. The molecule has 1 aromatic heterocycles. The molecule has 3 rings (SSSR count). The van der Waals surface area contributed by atoms with Crippen LogP contribution in [0, 0.1) is 6.92 Å². The van der Waals surface area contributed by atoms with Crippen LogP contribution in [0.1, 0.15) is 16.8 Å². The van der Waals surface area contributed by atoms with Gasteiger partial charge in [0.1, 0.15) is 6.26 Å². The van der Waals surface area contributed by atoms with Crippen LogP contribution in [0.4, 0.5) is 0 Å². The zero-order valence-corrected chi connectivity index (χ0v) is 17.8. The van der Waals surface area contributed by atoms with Gasteiger partial charge in [-0.3, -0.25) is 9.89 Å². The Hall–Kier alpha value is -1.61. The Morgan fingerprint density at radius 2 is 1.96 bits per heavy atom. The lowest BCUT2D eigenvalue weighted by molar-refractivity contribution is 0.169. The van der Waals surface area contributed by atoms with Gasteiger partial charge in [-0.15, -0.1) is 24.0 Å². The van der Waals surface area contributed by atoms with Gasteiger partial charge in [0.05, 0.1) is 5.69 Å². The largest absolute Gasteiger partial charge is 0.364 e. The maximum atomic E-state index is 4.91. The maximum absolute atomic E-state index is 4.91. The lowest BCUT2D eigenvalue weighted by Crippen LogP contribution is -2.52. The van der Waals surface area contributed by atoms with E-state index < -0.39 is 0 Å². The van der Waals surface area contributed by atoms with Crippen molar-refractivity contribution in [2.75, 3.05) is 39.8 Å². The van der Waals surface area contributed by atoms with Crippen molar-refractivity contribution in [2.45, 2.75) is 19.9 Å². The van der Waals surface area contributed by atoms with Gasteiger partial charge in [0.25, 0.3) is 0 Å². The lowest BCUT2D eigenvalue weighted by Gasteiger charge is -2.36. The zero-order chi connectivity index (χ0) is 17.5. The molecule has 1 saturated heterocycles. The highest BCUT2D eigenvalue weighted by Gasteiger charge is 2.20. The number of hydrogen-bond acceptors (Lipinski definition) is 4. The molecule has 0 unspecified atom stereocenters. The molecule has 0 aliphatic carbocycles. The Morgan fingerprint density at radius 1 is 1.19 bits per heavy atom. The molecule has 1 aliphatic rings. The fraction of sp³-hybridized carbons (Fsp3) is 0.474. The van der Waals surface area contributed by atoms with Crippen molar-refractivity contribution in [3.63, 3.8) is 0 Å². The van der Waals surface area contributed by atoms with Crippen molar-refractivity contribution in [1.82, 2.24) is 20.3 Å². The summed E-state index contributed by atoms with van der Waals surface area (Å²) in [5.41, 5.74) is 3.73. The summed E-state index contributed by atoms with van der Waals surface area (Å²) in [7, 11) is 1.86. The number of piperazine rings is 1. The van der Waals surface area contributed by atoms with Crippen LogP contribution in [0.5, 0.6) is 0 Å². The minimum Gasteiger partial charge on any atom is -0.364 e. The second-order valence-corrected chi connectivity index (χ2v) is 6.40. The number of guanidine groups is 1. The highest BCUT2D eigenvalue weighted by Crippen LogP contribution is 2.09. The molecule has 1 fully saturated rings. The number of aryl methyl sites for hydroxylation is 1. The predicted octanol–water partition coefficient (Wildman–Crippen LogP) is 2.54. The summed E-state index contributed by atoms with van der Waals surface area (Å²) < 4.78 is 4.91. The van der Waals surface area contributed by atoms with Crippen molar-refractivity contribution in [1.29, 1.82) is 0 Å². The Balaban J connectivity index is 0.00000243. The van der Waals surface area contributed by atoms with Gasteiger partial charge in [0.2, 0.25) is 0 Å². The van der Waals surface area contributed by atoms with E-state index in [1.54, 1.807) is 6.26 Å². The molecule has 2 aromatic rings. The van der Waals surface area contributed by atoms with E-state index >= 15 is 0 Å². The van der Waals surface area contributed by atoms with Crippen LogP contribution in [-0.4, -0.2) is 60.7 Å². The highest BCUT2D eigenvalue weighted by atomic mass is 127. The summed E-state index contributed by atoms with van der Waals surface area (Å²) in [6, 6.07) is 10.5. The van der Waals surface area contributed by atoms with Crippen LogP contribution >= 0.6 is 24.0 Å². The van der Waals surface area contributed by atoms with Crippen LogP contribution in [0.3, 0.4) is 0 Å². The van der Waals surface area contributed by atoms with E-state index in [1.165, 1.54) is 11.1 Å². The number of nitrogens with zero attached hydrogens (tertiary/aromatic N) is 4. The first-order valence-corrected chi connectivity index (χ1v) is 8.88. The van der Waals surface area contributed by atoms with Crippen LogP contribution < -0.4 is 5.32 Å². The first-order chi connectivity index (χ1) is 12.3. The molecule has 142 valence electrons. The fourth-order valence-electron chi connectivity index (χ4n) is 3.20. The zero-order valence-electron chi connectivity index (χ0n) is 15.5. The molecule has 0 atom stereocenters. The van der Waals surface area contributed by atoms with Crippen LogP contribution in [0.25, 0.3) is 0 Å². The van der Waals surface area contributed by atoms with Crippen LogP contribution in [-0.2, 0) is 13.0 Å². The number of aromatic nitrogens is 1. The highest BCUT2D eigenvalue weighted by molar-refractivity contribution is 14.0. The van der Waals surface area contributed by atoms with E-state index in [-0.39, 0.29) is 24.0 Å². The van der Waals surface area contributed by atoms with Gasteiger partial charge >= 0.3 is 0 Å². The molecule has 26 heavy (non-hydrogen) atoms. The molecule has 6 nitrogen and oxygen atoms in total. The van der Waals surface area contributed by atoms with Crippen molar-refractivity contribution < 1.29 is 4.52 Å². The molecule has 0 saturated carbocycles. The third-order valence-electron chi connectivity index (χ3n) is 4.70. The standard InChI is InChI=1S/C19H27N5O.HI/c1-16-5-3-4-6-17(16)7-9-21-19(20-2)24-12-10-23(11-13-24)15-18-8-14-25-22-18;/h3-6,8,14H,7,9-13,15H2,1-2H3,(H,20,21);1H. The van der Waals surface area contributed by atoms with Crippen LogP contribution in [0.15, 0.2) is 46.1 Å². The quantitative estimate of drug-likeness (QED) is 0.415. The number of hydrogen-bond donors (Lipinski definition) is 1. The second kappa shape index (κ2) is 10.5. The third-order valence-corrected chi connectivity index (χ3v) is 4.70. The van der Waals surface area contributed by atoms with Crippen LogP contribution in [0.2, 0.25) is 0 Å². The van der Waals surface area contributed by atoms with Gasteiger partial charge in [-0.05, 0) is 24.5 Å². The van der Waals surface area contributed by atoms with Crippen molar-refractivity contribution in [3.8, 4) is 0 Å². The average molecular weight is 469 g/mol. The number of nitrogens with one attached hydrogen (secondary N) is 1. The summed E-state index contributed by atoms with van der Waals surface area (Å²) >= 11 is 0. The number of rotatable bonds is 5. The number of aliphatic imine (C=N–C) groups is 1. The maximum Gasteiger partial charge on any atom is 0.193 e. The van der Waals surface area contributed by atoms with Gasteiger partial charge < -0.3 is 14.7 Å². The molecule has 1 aliphatic heterocycles. The SMILES string of the molecule is CN=C(NCCc1ccccc1C)N1CCN(Cc2ccon2)CC1.I. The second-order valence-electron chi connectivity index (χ2n) is 6.40. The van der Waals surface area contributed by atoms with Crippen molar-refractivity contribution >= 4 is 29.9 Å². The predicted molar refractivity (Wildman–Crippen MR) is 115 cm³/mol. The first-order valence-electron chi connectivity index (χ1n) is 8.88. The van der Waals surface area contributed by atoms with E-state index in [1.807, 2.05) is 13.1 Å². The molecule has 0 radical (unpaired) electrons. The Bertz CT molecular complexity index is 681. The number of benzene rings is 1. The summed E-state index contributed by atoms with van der Waals surface area (Å²) in [5, 5.41) is 7.50. The molecular formula is C19H28IN5O. The van der Waals surface area contributed by atoms with E-state index in [0.717, 1.165) is 57.3 Å². The normalized spacial score (nSPS) is 15.6. The molecule has 0 bridgehead atoms. The van der Waals surface area contributed by atoms with Crippen molar-refractivity contribution in [2.24, 2.45) is 4.99 Å². The summed E-state index contributed by atoms with van der Waals surface area (Å²) in [6.45, 7) is 7.87. The first kappa shape index (κ1) is 20.7. The van der Waals surface area contributed by atoms with Crippen molar-refractivity contribution in [3.05, 3.63) is 53.4 Å². The molecule has 0 amide bonds. The smallest absolute Gasteiger partial charge is 0.193 e. The number of halogens is 1. The van der Waals surface area contributed by atoms with Gasteiger partial charge in [-0.25, -0.2) is 0 Å². The van der Waals surface area contributed by atoms with Gasteiger partial charge in [0, 0.05) is 52.4 Å². The fourth-order valence-corrected chi connectivity index (χ4v) is 3.20. The topological polar surface area (TPSA) is 56.9 Å². The molecule has 0 spiro atoms. The molecular weight excluding hydrogens is 441 g/mol. The average Bonchev–Trinajstić information content (AvgIpc) is 3.14. The molecule has 7 heteroatoms. The summed E-state index contributed by atoms with van der Waals surface area (Å²) in [6.07, 6.45) is 2.64. The van der Waals surface area contributed by atoms with Gasteiger partial charge in [-0.1, -0.05) is 29.4 Å². The molecule has 1 N–H and O–H groups in total. The lowest BCUT2D eigenvalue weighted by atomic mass is 10.1. The minimum atomic E-state index is 0. The monoisotopic (exact) mass is 469 g/mol. The Kier molecular flexibility index (Phi) is 8.37. The third kappa shape index (κ3) is 5.70. The minimum absolute atomic E-state index is 0. The van der Waals surface area contributed by atoms with E-state index in [4.69, 9.17) is 4.52 Å². The molecule has 1 aromatic carbocycles.